The molecule has 2 aliphatic rings. The van der Waals surface area contributed by atoms with Crippen LogP contribution in [0.3, 0.4) is 0 Å². The van der Waals surface area contributed by atoms with Gasteiger partial charge in [-0.05, 0) is 37.8 Å². The molecule has 0 radical (unpaired) electrons. The molecule has 2 fully saturated rings. The summed E-state index contributed by atoms with van der Waals surface area (Å²) in [7, 11) is 0. The fourth-order valence-corrected chi connectivity index (χ4v) is 3.57. The number of hydrogen-bond donors (Lipinski definition) is 1. The summed E-state index contributed by atoms with van der Waals surface area (Å²) >= 11 is 0. The molecule has 4 rings (SSSR count). The van der Waals surface area contributed by atoms with Gasteiger partial charge in [-0.25, -0.2) is 4.98 Å². The first-order valence-corrected chi connectivity index (χ1v) is 8.75. The minimum atomic E-state index is -0.220. The van der Waals surface area contributed by atoms with Crippen LogP contribution in [-0.4, -0.2) is 44.2 Å². The molecule has 0 bridgehead atoms. The van der Waals surface area contributed by atoms with Crippen molar-refractivity contribution < 1.29 is 4.79 Å². The zero-order chi connectivity index (χ0) is 16.4. The van der Waals surface area contributed by atoms with E-state index in [1.807, 2.05) is 22.9 Å². The molecule has 1 amide bonds. The SMILES string of the molecule is O=C(NC1CC1)[C@H](c1ccccc1)N1CCC[C@H]1Cn1cncn1. The fourth-order valence-electron chi connectivity index (χ4n) is 3.57. The lowest BCUT2D eigenvalue weighted by Gasteiger charge is -2.32. The number of amides is 1. The Labute approximate surface area is 141 Å². The molecule has 1 N–H and O–H groups in total. The Kier molecular flexibility index (Phi) is 4.30. The first-order chi connectivity index (χ1) is 11.8. The van der Waals surface area contributed by atoms with Crippen molar-refractivity contribution in [3.63, 3.8) is 0 Å². The number of aromatic nitrogens is 3. The molecular weight excluding hydrogens is 302 g/mol. The number of rotatable bonds is 6. The number of hydrogen-bond acceptors (Lipinski definition) is 4. The van der Waals surface area contributed by atoms with Crippen LogP contribution in [0.2, 0.25) is 0 Å². The molecule has 1 aromatic heterocycles. The first-order valence-electron chi connectivity index (χ1n) is 8.75. The summed E-state index contributed by atoms with van der Waals surface area (Å²) in [6, 6.07) is 10.6. The zero-order valence-electron chi connectivity index (χ0n) is 13.7. The number of nitrogens with one attached hydrogen (secondary N) is 1. The van der Waals surface area contributed by atoms with Gasteiger partial charge >= 0.3 is 0 Å². The Balaban J connectivity index is 1.57. The Morgan fingerprint density at radius 3 is 2.79 bits per heavy atom. The van der Waals surface area contributed by atoms with Crippen molar-refractivity contribution >= 4 is 5.91 Å². The minimum absolute atomic E-state index is 0.134. The van der Waals surface area contributed by atoms with Crippen LogP contribution in [0.15, 0.2) is 43.0 Å². The largest absolute Gasteiger partial charge is 0.352 e. The summed E-state index contributed by atoms with van der Waals surface area (Å²) in [4.78, 5) is 19.3. The van der Waals surface area contributed by atoms with E-state index in [0.717, 1.165) is 44.3 Å². The van der Waals surface area contributed by atoms with Crippen LogP contribution in [0.4, 0.5) is 0 Å². The number of carbonyl (C=O) groups is 1. The summed E-state index contributed by atoms with van der Waals surface area (Å²) in [5, 5.41) is 7.42. The average molecular weight is 325 g/mol. The molecule has 126 valence electrons. The van der Waals surface area contributed by atoms with Crippen molar-refractivity contribution in [2.45, 2.75) is 50.4 Å². The zero-order valence-corrected chi connectivity index (χ0v) is 13.7. The summed E-state index contributed by atoms with van der Waals surface area (Å²) in [6.07, 6.45) is 7.72. The highest BCUT2D eigenvalue weighted by atomic mass is 16.2. The van der Waals surface area contributed by atoms with Gasteiger partial charge < -0.3 is 5.32 Å². The van der Waals surface area contributed by atoms with Gasteiger partial charge in [0.15, 0.2) is 0 Å². The second-order valence-corrected chi connectivity index (χ2v) is 6.75. The molecule has 1 saturated heterocycles. The number of benzene rings is 1. The van der Waals surface area contributed by atoms with Crippen molar-refractivity contribution in [2.75, 3.05) is 6.54 Å². The summed E-state index contributed by atoms with van der Waals surface area (Å²) in [5.74, 6) is 0.134. The highest BCUT2D eigenvalue weighted by Crippen LogP contribution is 2.31. The Morgan fingerprint density at radius 1 is 1.25 bits per heavy atom. The molecule has 1 aliphatic heterocycles. The van der Waals surface area contributed by atoms with Gasteiger partial charge in [0.2, 0.25) is 5.91 Å². The van der Waals surface area contributed by atoms with Gasteiger partial charge in [-0.2, -0.15) is 5.10 Å². The van der Waals surface area contributed by atoms with Gasteiger partial charge in [0.25, 0.3) is 0 Å². The van der Waals surface area contributed by atoms with Crippen molar-refractivity contribution in [3.8, 4) is 0 Å². The Morgan fingerprint density at radius 2 is 2.08 bits per heavy atom. The molecule has 2 heterocycles. The Hall–Kier alpha value is -2.21. The normalized spacial score (nSPS) is 22.4. The van der Waals surface area contributed by atoms with Crippen LogP contribution >= 0.6 is 0 Å². The van der Waals surface area contributed by atoms with E-state index in [-0.39, 0.29) is 11.9 Å². The van der Waals surface area contributed by atoms with E-state index in [0.29, 0.717) is 12.1 Å². The lowest BCUT2D eigenvalue weighted by Crippen LogP contribution is -2.44. The van der Waals surface area contributed by atoms with E-state index < -0.39 is 0 Å². The first kappa shape index (κ1) is 15.3. The molecule has 2 aromatic rings. The van der Waals surface area contributed by atoms with Gasteiger partial charge in [0.05, 0.1) is 6.54 Å². The third kappa shape index (κ3) is 3.33. The summed E-state index contributed by atoms with van der Waals surface area (Å²) in [6.45, 7) is 1.72. The number of carbonyl (C=O) groups excluding carboxylic acids is 1. The molecule has 0 spiro atoms. The maximum atomic E-state index is 12.9. The minimum Gasteiger partial charge on any atom is -0.352 e. The standard InChI is InChI=1S/C18H23N5O/c24-18(21-15-8-9-15)17(14-5-2-1-3-6-14)23-10-4-7-16(23)11-22-13-19-12-20-22/h1-3,5-6,12-13,15-17H,4,7-11H2,(H,21,24)/t16-,17-/m0/s1. The maximum absolute atomic E-state index is 12.9. The highest BCUT2D eigenvalue weighted by Gasteiger charge is 2.37. The molecule has 1 saturated carbocycles. The van der Waals surface area contributed by atoms with Gasteiger partial charge in [-0.1, -0.05) is 30.3 Å². The van der Waals surface area contributed by atoms with Gasteiger partial charge in [0.1, 0.15) is 18.7 Å². The third-order valence-electron chi connectivity index (χ3n) is 4.91. The molecule has 2 atom stereocenters. The highest BCUT2D eigenvalue weighted by molar-refractivity contribution is 5.83. The molecule has 1 aromatic carbocycles. The van der Waals surface area contributed by atoms with E-state index in [9.17, 15) is 4.79 Å². The van der Waals surface area contributed by atoms with Crippen molar-refractivity contribution in [1.29, 1.82) is 0 Å². The smallest absolute Gasteiger partial charge is 0.242 e. The lowest BCUT2D eigenvalue weighted by atomic mass is 10.0. The maximum Gasteiger partial charge on any atom is 0.242 e. The van der Waals surface area contributed by atoms with Crippen LogP contribution in [0.1, 0.15) is 37.3 Å². The van der Waals surface area contributed by atoms with Crippen LogP contribution in [-0.2, 0) is 11.3 Å². The molecular formula is C18H23N5O. The molecule has 6 nitrogen and oxygen atoms in total. The van der Waals surface area contributed by atoms with E-state index in [2.05, 4.69) is 32.4 Å². The summed E-state index contributed by atoms with van der Waals surface area (Å²) in [5.41, 5.74) is 1.07. The van der Waals surface area contributed by atoms with E-state index in [1.165, 1.54) is 0 Å². The van der Waals surface area contributed by atoms with Crippen LogP contribution in [0.25, 0.3) is 0 Å². The monoisotopic (exact) mass is 325 g/mol. The molecule has 24 heavy (non-hydrogen) atoms. The second kappa shape index (κ2) is 6.73. The van der Waals surface area contributed by atoms with Crippen LogP contribution < -0.4 is 5.32 Å². The predicted octanol–water partition coefficient (Wildman–Crippen LogP) is 1.76. The quantitative estimate of drug-likeness (QED) is 0.879. The summed E-state index contributed by atoms with van der Waals surface area (Å²) < 4.78 is 1.86. The average Bonchev–Trinajstić information content (AvgIpc) is 3.07. The van der Waals surface area contributed by atoms with Crippen molar-refractivity contribution in [2.24, 2.45) is 0 Å². The van der Waals surface area contributed by atoms with E-state index >= 15 is 0 Å². The van der Waals surface area contributed by atoms with Gasteiger partial charge in [-0.15, -0.1) is 0 Å². The number of nitrogens with zero attached hydrogens (tertiary/aromatic N) is 4. The lowest BCUT2D eigenvalue weighted by molar-refractivity contribution is -0.127. The molecule has 0 unspecified atom stereocenters. The predicted molar refractivity (Wildman–Crippen MR) is 90.1 cm³/mol. The number of likely N-dealkylation sites (tertiary alicyclic amines) is 1. The molecule has 6 heteroatoms. The molecule has 1 aliphatic carbocycles. The van der Waals surface area contributed by atoms with Gasteiger partial charge in [0, 0.05) is 12.1 Å². The Bertz CT molecular complexity index is 668. The van der Waals surface area contributed by atoms with Crippen LogP contribution in [0.5, 0.6) is 0 Å². The fraction of sp³-hybridized carbons (Fsp3) is 0.500. The van der Waals surface area contributed by atoms with Crippen LogP contribution in [0, 0.1) is 0 Å². The second-order valence-electron chi connectivity index (χ2n) is 6.75. The van der Waals surface area contributed by atoms with Crippen molar-refractivity contribution in [1.82, 2.24) is 25.0 Å². The van der Waals surface area contributed by atoms with Gasteiger partial charge in [-0.3, -0.25) is 14.4 Å². The van der Waals surface area contributed by atoms with Crippen molar-refractivity contribution in [3.05, 3.63) is 48.5 Å². The van der Waals surface area contributed by atoms with E-state index in [1.54, 1.807) is 12.7 Å². The topological polar surface area (TPSA) is 63.1 Å². The van der Waals surface area contributed by atoms with E-state index in [4.69, 9.17) is 0 Å². The third-order valence-corrected chi connectivity index (χ3v) is 4.91.